The fourth-order valence-electron chi connectivity index (χ4n) is 2.71. The highest BCUT2D eigenvalue weighted by Gasteiger charge is 2.30. The first kappa shape index (κ1) is 14.0. The Morgan fingerprint density at radius 1 is 1.38 bits per heavy atom. The molecule has 0 spiro atoms. The lowest BCUT2D eigenvalue weighted by Gasteiger charge is -2.39. The number of aliphatic hydroxyl groups excluding tert-OH is 1. The second-order valence-corrected chi connectivity index (χ2v) is 6.51. The second-order valence-electron chi connectivity index (χ2n) is 6.51. The van der Waals surface area contributed by atoms with E-state index < -0.39 is 0 Å². The smallest absolute Gasteiger partial charge is 0.0575 e. The Hall–Kier alpha value is -0.0800. The van der Waals surface area contributed by atoms with Gasteiger partial charge in [-0.1, -0.05) is 33.6 Å². The first-order valence-corrected chi connectivity index (χ1v) is 6.71. The van der Waals surface area contributed by atoms with Crippen molar-refractivity contribution in [3.8, 4) is 0 Å². The molecule has 0 aromatic rings. The van der Waals surface area contributed by atoms with Crippen LogP contribution in [0.4, 0.5) is 0 Å². The van der Waals surface area contributed by atoms with Crippen molar-refractivity contribution in [1.29, 1.82) is 0 Å². The van der Waals surface area contributed by atoms with Crippen molar-refractivity contribution in [1.82, 2.24) is 4.90 Å². The maximum absolute atomic E-state index is 9.75. The molecule has 16 heavy (non-hydrogen) atoms. The standard InChI is InChI=1S/C14H29NO/c1-11-7-6-8-13(9-11)15(5)10-14(3,4)12(2)16/h11-13,16H,6-10H2,1-5H3. The molecule has 2 nitrogen and oxygen atoms in total. The van der Waals surface area contributed by atoms with Gasteiger partial charge in [-0.15, -0.1) is 0 Å². The summed E-state index contributed by atoms with van der Waals surface area (Å²) in [5, 5.41) is 9.75. The molecular weight excluding hydrogens is 198 g/mol. The summed E-state index contributed by atoms with van der Waals surface area (Å²) in [6.07, 6.45) is 5.18. The highest BCUT2D eigenvalue weighted by Crippen LogP contribution is 2.29. The summed E-state index contributed by atoms with van der Waals surface area (Å²) in [5.41, 5.74) is -0.00453. The van der Waals surface area contributed by atoms with E-state index in [0.29, 0.717) is 0 Å². The van der Waals surface area contributed by atoms with Crippen LogP contribution in [0.2, 0.25) is 0 Å². The van der Waals surface area contributed by atoms with Gasteiger partial charge in [-0.05, 0) is 32.7 Å². The summed E-state index contributed by atoms with van der Waals surface area (Å²) < 4.78 is 0. The maximum atomic E-state index is 9.75. The molecule has 3 atom stereocenters. The Balaban J connectivity index is 2.48. The predicted octanol–water partition coefficient (Wildman–Crippen LogP) is 2.90. The van der Waals surface area contributed by atoms with Gasteiger partial charge >= 0.3 is 0 Å². The molecule has 3 unspecified atom stereocenters. The van der Waals surface area contributed by atoms with E-state index in [1.54, 1.807) is 0 Å². The number of nitrogens with zero attached hydrogens (tertiary/aromatic N) is 1. The Morgan fingerprint density at radius 2 is 2.00 bits per heavy atom. The third kappa shape index (κ3) is 3.74. The van der Waals surface area contributed by atoms with Gasteiger partial charge in [-0.25, -0.2) is 0 Å². The van der Waals surface area contributed by atoms with Crippen LogP contribution in [0.25, 0.3) is 0 Å². The molecule has 0 aliphatic heterocycles. The molecule has 1 aliphatic rings. The topological polar surface area (TPSA) is 23.5 Å². The molecule has 1 fully saturated rings. The summed E-state index contributed by atoms with van der Waals surface area (Å²) in [4.78, 5) is 2.46. The molecule has 2 heteroatoms. The molecule has 0 saturated heterocycles. The molecule has 0 aromatic carbocycles. The largest absolute Gasteiger partial charge is 0.393 e. The SMILES string of the molecule is CC1CCCC(N(C)CC(C)(C)C(C)O)C1. The van der Waals surface area contributed by atoms with Gasteiger partial charge in [0.15, 0.2) is 0 Å². The predicted molar refractivity (Wildman–Crippen MR) is 69.5 cm³/mol. The van der Waals surface area contributed by atoms with Crippen molar-refractivity contribution >= 4 is 0 Å². The lowest BCUT2D eigenvalue weighted by atomic mass is 9.83. The van der Waals surface area contributed by atoms with Crippen molar-refractivity contribution in [2.45, 2.75) is 65.5 Å². The van der Waals surface area contributed by atoms with E-state index >= 15 is 0 Å². The Morgan fingerprint density at radius 3 is 2.50 bits per heavy atom. The zero-order valence-electron chi connectivity index (χ0n) is 11.7. The molecule has 0 radical (unpaired) electrons. The van der Waals surface area contributed by atoms with Gasteiger partial charge in [0.1, 0.15) is 0 Å². The van der Waals surface area contributed by atoms with Gasteiger partial charge in [0, 0.05) is 18.0 Å². The van der Waals surface area contributed by atoms with Crippen LogP contribution in [-0.4, -0.2) is 35.7 Å². The minimum atomic E-state index is -0.240. The highest BCUT2D eigenvalue weighted by atomic mass is 16.3. The number of aliphatic hydroxyl groups is 1. The molecule has 1 N–H and O–H groups in total. The molecule has 1 aliphatic carbocycles. The Labute approximate surface area is 101 Å². The molecular formula is C14H29NO. The number of rotatable bonds is 4. The molecule has 1 rings (SSSR count). The monoisotopic (exact) mass is 227 g/mol. The average molecular weight is 227 g/mol. The van der Waals surface area contributed by atoms with Gasteiger partial charge in [0.05, 0.1) is 6.10 Å². The van der Waals surface area contributed by atoms with Crippen molar-refractivity contribution in [3.63, 3.8) is 0 Å². The van der Waals surface area contributed by atoms with Crippen LogP contribution in [0, 0.1) is 11.3 Å². The van der Waals surface area contributed by atoms with Gasteiger partial charge in [0.25, 0.3) is 0 Å². The number of hydrogen-bond donors (Lipinski definition) is 1. The fourth-order valence-corrected chi connectivity index (χ4v) is 2.71. The van der Waals surface area contributed by atoms with E-state index in [1.807, 2.05) is 6.92 Å². The first-order chi connectivity index (χ1) is 7.33. The van der Waals surface area contributed by atoms with Crippen LogP contribution in [-0.2, 0) is 0 Å². The summed E-state index contributed by atoms with van der Waals surface area (Å²) >= 11 is 0. The van der Waals surface area contributed by atoms with E-state index in [-0.39, 0.29) is 11.5 Å². The van der Waals surface area contributed by atoms with Gasteiger partial charge in [-0.3, -0.25) is 0 Å². The normalized spacial score (nSPS) is 29.4. The average Bonchev–Trinajstić information content (AvgIpc) is 2.16. The van der Waals surface area contributed by atoms with Crippen molar-refractivity contribution in [2.24, 2.45) is 11.3 Å². The van der Waals surface area contributed by atoms with Crippen molar-refractivity contribution in [3.05, 3.63) is 0 Å². The lowest BCUT2D eigenvalue weighted by molar-refractivity contribution is 0.0226. The molecule has 0 aromatic heterocycles. The Bertz CT molecular complexity index is 213. The van der Waals surface area contributed by atoms with Crippen molar-refractivity contribution in [2.75, 3.05) is 13.6 Å². The molecule has 0 amide bonds. The summed E-state index contributed by atoms with van der Waals surface area (Å²) in [5.74, 6) is 0.871. The second kappa shape index (κ2) is 5.50. The van der Waals surface area contributed by atoms with E-state index in [0.717, 1.165) is 18.5 Å². The minimum Gasteiger partial charge on any atom is -0.393 e. The maximum Gasteiger partial charge on any atom is 0.0575 e. The lowest BCUT2D eigenvalue weighted by Crippen LogP contribution is -2.44. The summed E-state index contributed by atoms with van der Waals surface area (Å²) in [6, 6.07) is 0.724. The summed E-state index contributed by atoms with van der Waals surface area (Å²) in [7, 11) is 2.22. The zero-order valence-corrected chi connectivity index (χ0v) is 11.7. The zero-order chi connectivity index (χ0) is 12.3. The van der Waals surface area contributed by atoms with Crippen LogP contribution in [0.1, 0.15) is 53.4 Å². The van der Waals surface area contributed by atoms with E-state index in [1.165, 1.54) is 25.7 Å². The van der Waals surface area contributed by atoms with Gasteiger partial charge in [0.2, 0.25) is 0 Å². The summed E-state index contributed by atoms with van der Waals surface area (Å²) in [6.45, 7) is 9.56. The molecule has 96 valence electrons. The molecule has 0 bridgehead atoms. The third-order valence-corrected chi connectivity index (χ3v) is 4.32. The van der Waals surface area contributed by atoms with Crippen molar-refractivity contribution < 1.29 is 5.11 Å². The van der Waals surface area contributed by atoms with Crippen LogP contribution >= 0.6 is 0 Å². The third-order valence-electron chi connectivity index (χ3n) is 4.32. The highest BCUT2D eigenvalue weighted by molar-refractivity contribution is 4.83. The van der Waals surface area contributed by atoms with Gasteiger partial charge in [-0.2, -0.15) is 0 Å². The van der Waals surface area contributed by atoms with Crippen LogP contribution in [0.15, 0.2) is 0 Å². The van der Waals surface area contributed by atoms with Crippen LogP contribution in [0.3, 0.4) is 0 Å². The number of hydrogen-bond acceptors (Lipinski definition) is 2. The Kier molecular flexibility index (Phi) is 4.81. The minimum absolute atomic E-state index is 0.00453. The molecule has 1 saturated carbocycles. The first-order valence-electron chi connectivity index (χ1n) is 6.71. The molecule has 0 heterocycles. The van der Waals surface area contributed by atoms with Gasteiger partial charge < -0.3 is 10.0 Å². The van der Waals surface area contributed by atoms with Crippen LogP contribution < -0.4 is 0 Å². The van der Waals surface area contributed by atoms with Crippen LogP contribution in [0.5, 0.6) is 0 Å². The van der Waals surface area contributed by atoms with E-state index in [2.05, 4.69) is 32.7 Å². The quantitative estimate of drug-likeness (QED) is 0.798. The fraction of sp³-hybridized carbons (Fsp3) is 1.00. The van der Waals surface area contributed by atoms with E-state index in [4.69, 9.17) is 0 Å². The van der Waals surface area contributed by atoms with E-state index in [9.17, 15) is 5.11 Å².